The number of nitrogens with one attached hydrogen (secondary N) is 3. The number of amides is 2. The van der Waals surface area contributed by atoms with Gasteiger partial charge in [0.1, 0.15) is 0 Å². The van der Waals surface area contributed by atoms with E-state index in [9.17, 15) is 9.59 Å². The molecule has 7 nitrogen and oxygen atoms in total. The molecule has 0 saturated carbocycles. The fourth-order valence-electron chi connectivity index (χ4n) is 2.96. The van der Waals surface area contributed by atoms with Crippen molar-refractivity contribution in [2.45, 2.75) is 31.5 Å². The Morgan fingerprint density at radius 3 is 3.04 bits per heavy atom. The Hall–Kier alpha value is -2.38. The molecule has 26 heavy (non-hydrogen) atoms. The van der Waals surface area contributed by atoms with E-state index in [4.69, 9.17) is 11.6 Å². The number of nitrogens with zero attached hydrogens (tertiary/aromatic N) is 2. The topological polar surface area (TPSA) is 88.0 Å². The van der Waals surface area contributed by atoms with Crippen LogP contribution in [-0.4, -0.2) is 46.5 Å². The Morgan fingerprint density at radius 2 is 2.27 bits per heavy atom. The van der Waals surface area contributed by atoms with Crippen LogP contribution in [0.15, 0.2) is 43.0 Å². The molecule has 0 aliphatic carbocycles. The van der Waals surface area contributed by atoms with E-state index in [1.165, 1.54) is 0 Å². The summed E-state index contributed by atoms with van der Waals surface area (Å²) in [6, 6.07) is 6.45. The molecular weight excluding hydrogens is 354 g/mol. The van der Waals surface area contributed by atoms with Gasteiger partial charge in [0.25, 0.3) is 5.91 Å². The molecule has 0 unspecified atom stereocenters. The van der Waals surface area contributed by atoms with E-state index >= 15 is 0 Å². The van der Waals surface area contributed by atoms with Crippen LogP contribution < -0.4 is 16.0 Å². The summed E-state index contributed by atoms with van der Waals surface area (Å²) in [5.41, 5.74) is 0.518. The van der Waals surface area contributed by atoms with Gasteiger partial charge in [0.05, 0.1) is 12.4 Å². The van der Waals surface area contributed by atoms with E-state index in [1.54, 1.807) is 36.8 Å². The summed E-state index contributed by atoms with van der Waals surface area (Å²) in [6.07, 6.45) is 6.79. The highest BCUT2D eigenvalue weighted by Crippen LogP contribution is 2.12. The molecule has 2 aromatic rings. The van der Waals surface area contributed by atoms with Gasteiger partial charge in [-0.25, -0.2) is 4.98 Å². The van der Waals surface area contributed by atoms with Gasteiger partial charge < -0.3 is 20.5 Å². The average molecular weight is 376 g/mol. The van der Waals surface area contributed by atoms with Gasteiger partial charge in [-0.1, -0.05) is 17.7 Å². The van der Waals surface area contributed by atoms with Crippen molar-refractivity contribution in [2.75, 3.05) is 13.1 Å². The molecule has 3 rings (SSSR count). The molecular formula is C18H22ClN5O2. The maximum atomic E-state index is 12.2. The molecule has 0 bridgehead atoms. The molecule has 1 aromatic heterocycles. The van der Waals surface area contributed by atoms with Crippen LogP contribution in [0.2, 0.25) is 5.02 Å². The van der Waals surface area contributed by atoms with Gasteiger partial charge in [0.15, 0.2) is 0 Å². The molecule has 138 valence electrons. The highest BCUT2D eigenvalue weighted by molar-refractivity contribution is 6.30. The number of imidazole rings is 1. The molecule has 3 N–H and O–H groups in total. The molecule has 1 fully saturated rings. The summed E-state index contributed by atoms with van der Waals surface area (Å²) >= 11 is 5.91. The summed E-state index contributed by atoms with van der Waals surface area (Å²) in [6.45, 7) is 1.99. The predicted octanol–water partition coefficient (Wildman–Crippen LogP) is 1.20. The van der Waals surface area contributed by atoms with Crippen LogP contribution in [0.5, 0.6) is 0 Å². The van der Waals surface area contributed by atoms with Crippen molar-refractivity contribution < 1.29 is 9.59 Å². The number of hydrogen-bond donors (Lipinski definition) is 3. The van der Waals surface area contributed by atoms with Crippen molar-refractivity contribution in [1.82, 2.24) is 25.5 Å². The van der Waals surface area contributed by atoms with E-state index in [1.807, 2.05) is 10.8 Å². The summed E-state index contributed by atoms with van der Waals surface area (Å²) in [7, 11) is 0. The van der Waals surface area contributed by atoms with Crippen LogP contribution in [0, 0.1) is 0 Å². The molecule has 1 aliphatic heterocycles. The molecule has 0 spiro atoms. The summed E-state index contributed by atoms with van der Waals surface area (Å²) < 4.78 is 1.97. The smallest absolute Gasteiger partial charge is 0.251 e. The molecule has 1 aliphatic rings. The van der Waals surface area contributed by atoms with Gasteiger partial charge in [-0.15, -0.1) is 0 Å². The third kappa shape index (κ3) is 5.06. The van der Waals surface area contributed by atoms with Crippen LogP contribution in [0.3, 0.4) is 0 Å². The highest BCUT2D eigenvalue weighted by Gasteiger charge is 2.30. The minimum atomic E-state index is -0.284. The van der Waals surface area contributed by atoms with Crippen LogP contribution >= 0.6 is 11.6 Å². The summed E-state index contributed by atoms with van der Waals surface area (Å²) in [4.78, 5) is 28.5. The zero-order chi connectivity index (χ0) is 18.4. The Balaban J connectivity index is 1.38. The normalized spacial score (nSPS) is 19.3. The zero-order valence-electron chi connectivity index (χ0n) is 14.3. The van der Waals surface area contributed by atoms with Gasteiger partial charge in [-0.05, 0) is 31.0 Å². The first-order chi connectivity index (χ1) is 12.6. The first-order valence-electron chi connectivity index (χ1n) is 8.65. The Kier molecular flexibility index (Phi) is 6.25. The van der Waals surface area contributed by atoms with Gasteiger partial charge in [-0.2, -0.15) is 0 Å². The molecule has 2 heterocycles. The van der Waals surface area contributed by atoms with Gasteiger partial charge >= 0.3 is 0 Å². The lowest BCUT2D eigenvalue weighted by Crippen LogP contribution is -2.40. The summed E-state index contributed by atoms with van der Waals surface area (Å²) in [5.74, 6) is -0.212. The van der Waals surface area contributed by atoms with E-state index < -0.39 is 0 Å². The van der Waals surface area contributed by atoms with E-state index in [2.05, 4.69) is 20.9 Å². The van der Waals surface area contributed by atoms with Crippen molar-refractivity contribution in [2.24, 2.45) is 0 Å². The Bertz CT molecular complexity index is 750. The average Bonchev–Trinajstić information content (AvgIpc) is 3.30. The maximum Gasteiger partial charge on any atom is 0.251 e. The van der Waals surface area contributed by atoms with Crippen molar-refractivity contribution in [3.63, 3.8) is 0 Å². The van der Waals surface area contributed by atoms with Crippen molar-refractivity contribution in [3.8, 4) is 0 Å². The lowest BCUT2D eigenvalue weighted by Gasteiger charge is -2.13. The molecule has 2 amide bonds. The third-order valence-electron chi connectivity index (χ3n) is 4.32. The number of aryl methyl sites for hydroxylation is 1. The minimum Gasteiger partial charge on any atom is -0.355 e. The zero-order valence-corrected chi connectivity index (χ0v) is 15.1. The number of carbonyl (C=O) groups excluding carboxylic acids is 2. The number of rotatable bonds is 7. The lowest BCUT2D eigenvalue weighted by atomic mass is 10.1. The highest BCUT2D eigenvalue weighted by atomic mass is 35.5. The first kappa shape index (κ1) is 18.4. The monoisotopic (exact) mass is 375 g/mol. The standard InChI is InChI=1S/C18H22ClN5O2/c19-14-4-1-3-13(9-14)17(25)23-15-10-16(22-11-15)18(26)21-5-2-7-24-8-6-20-12-24/h1,3-4,6,8-9,12,15-16,22H,2,5,7,10-11H2,(H,21,26)(H,23,25)/t15-,16+/m1/s1. The molecule has 8 heteroatoms. The van der Waals surface area contributed by atoms with Crippen LogP contribution in [0.25, 0.3) is 0 Å². The van der Waals surface area contributed by atoms with E-state index in [0.717, 1.165) is 13.0 Å². The predicted molar refractivity (Wildman–Crippen MR) is 99.0 cm³/mol. The van der Waals surface area contributed by atoms with Crippen LogP contribution in [0.1, 0.15) is 23.2 Å². The molecule has 0 radical (unpaired) electrons. The van der Waals surface area contributed by atoms with Gasteiger partial charge in [0, 0.05) is 48.7 Å². The fourth-order valence-corrected chi connectivity index (χ4v) is 3.15. The quantitative estimate of drug-likeness (QED) is 0.634. The maximum absolute atomic E-state index is 12.2. The third-order valence-corrected chi connectivity index (χ3v) is 4.56. The Morgan fingerprint density at radius 1 is 1.38 bits per heavy atom. The van der Waals surface area contributed by atoms with Gasteiger partial charge in [-0.3, -0.25) is 9.59 Å². The van der Waals surface area contributed by atoms with Crippen molar-refractivity contribution >= 4 is 23.4 Å². The lowest BCUT2D eigenvalue weighted by molar-refractivity contribution is -0.122. The second kappa shape index (κ2) is 8.82. The molecule has 2 atom stereocenters. The van der Waals surface area contributed by atoms with Crippen LogP contribution in [-0.2, 0) is 11.3 Å². The van der Waals surface area contributed by atoms with Crippen molar-refractivity contribution in [3.05, 3.63) is 53.6 Å². The van der Waals surface area contributed by atoms with E-state index in [-0.39, 0.29) is 23.9 Å². The number of benzene rings is 1. The molecule has 1 saturated heterocycles. The summed E-state index contributed by atoms with van der Waals surface area (Å²) in [5, 5.41) is 9.56. The van der Waals surface area contributed by atoms with Gasteiger partial charge in [0.2, 0.25) is 5.91 Å². The minimum absolute atomic E-state index is 0.0323. The second-order valence-electron chi connectivity index (χ2n) is 6.32. The number of carbonyl (C=O) groups is 2. The van der Waals surface area contributed by atoms with Crippen LogP contribution in [0.4, 0.5) is 0 Å². The number of hydrogen-bond acceptors (Lipinski definition) is 4. The van der Waals surface area contributed by atoms with Crippen molar-refractivity contribution in [1.29, 1.82) is 0 Å². The Labute approximate surface area is 157 Å². The first-order valence-corrected chi connectivity index (χ1v) is 9.03. The fraction of sp³-hybridized carbons (Fsp3) is 0.389. The number of halogens is 1. The largest absolute Gasteiger partial charge is 0.355 e. The SMILES string of the molecule is O=C(N[C@H]1CN[C@H](C(=O)NCCCn2ccnc2)C1)c1cccc(Cl)c1. The number of aromatic nitrogens is 2. The second-order valence-corrected chi connectivity index (χ2v) is 6.76. The van der Waals surface area contributed by atoms with E-state index in [0.29, 0.717) is 30.1 Å². The molecule has 1 aromatic carbocycles.